The van der Waals surface area contributed by atoms with Gasteiger partial charge in [-0.05, 0) is 13.3 Å². The number of hydrogen-bond acceptors (Lipinski definition) is 1. The second-order valence-electron chi connectivity index (χ2n) is 1.39. The van der Waals surface area contributed by atoms with E-state index in [1.165, 1.54) is 0 Å². The normalized spacial score (nSPS) is 12.5. The van der Waals surface area contributed by atoms with E-state index in [9.17, 15) is 0 Å². The zero-order chi connectivity index (χ0) is 4.28. The van der Waals surface area contributed by atoms with Crippen molar-refractivity contribution < 1.29 is 0 Å². The molecule has 1 unspecified atom stereocenters. The number of nitrogens with two attached hydrogens (primary N) is 1. The molecular weight excluding hydrogens is 189 g/mol. The lowest BCUT2D eigenvalue weighted by Gasteiger charge is -1.91. The number of halogens is 1. The van der Waals surface area contributed by atoms with E-state index in [-0.39, 0.29) is 24.0 Å². The summed E-state index contributed by atoms with van der Waals surface area (Å²) in [5, 5.41) is 0. The van der Waals surface area contributed by atoms with Gasteiger partial charge in [-0.25, -0.2) is 0 Å². The molecule has 0 aliphatic rings. The molecule has 0 radical (unpaired) electrons. The van der Waals surface area contributed by atoms with Crippen LogP contribution in [0.2, 0.25) is 0 Å². The molecule has 0 saturated carbocycles. The molecule has 0 bridgehead atoms. The Morgan fingerprint density at radius 3 is 1.83 bits per heavy atom. The predicted octanol–water partition coefficient (Wildman–Crippen LogP) is 1.36. The van der Waals surface area contributed by atoms with Crippen LogP contribution in [0, 0.1) is 0 Å². The van der Waals surface area contributed by atoms with Crippen molar-refractivity contribution in [1.82, 2.24) is 0 Å². The molecule has 0 fully saturated rings. The molecule has 0 rings (SSSR count). The van der Waals surface area contributed by atoms with Crippen LogP contribution in [0.15, 0.2) is 0 Å². The molecule has 0 aromatic rings. The Hall–Kier alpha value is 0.690. The molecule has 0 heterocycles. The first kappa shape index (κ1) is 9.85. The van der Waals surface area contributed by atoms with Crippen LogP contribution in [0.3, 0.4) is 0 Å². The van der Waals surface area contributed by atoms with Crippen molar-refractivity contribution in [1.29, 1.82) is 0 Å². The van der Waals surface area contributed by atoms with Gasteiger partial charge < -0.3 is 5.73 Å². The van der Waals surface area contributed by atoms with Crippen LogP contribution in [0.5, 0.6) is 0 Å². The van der Waals surface area contributed by atoms with Crippen molar-refractivity contribution >= 4 is 24.0 Å². The summed E-state index contributed by atoms with van der Waals surface area (Å²) in [4.78, 5) is 0. The minimum absolute atomic E-state index is 0. The van der Waals surface area contributed by atoms with E-state index in [1.807, 2.05) is 6.92 Å². The third kappa shape index (κ3) is 8.83. The van der Waals surface area contributed by atoms with Crippen molar-refractivity contribution in [2.75, 3.05) is 0 Å². The zero-order valence-corrected chi connectivity index (χ0v) is 6.60. The van der Waals surface area contributed by atoms with Crippen LogP contribution in [-0.2, 0) is 0 Å². The highest BCUT2D eigenvalue weighted by atomic mass is 127. The van der Waals surface area contributed by atoms with Gasteiger partial charge in [0.05, 0.1) is 0 Å². The van der Waals surface area contributed by atoms with Crippen LogP contribution in [0.1, 0.15) is 20.3 Å². The highest BCUT2D eigenvalue weighted by Gasteiger charge is 1.79. The molecule has 1 nitrogen and oxygen atoms in total. The third-order valence-corrected chi connectivity index (χ3v) is 0.644. The lowest BCUT2D eigenvalue weighted by atomic mass is 10.3. The number of hydrogen-bond donors (Lipinski definition) is 1. The minimum Gasteiger partial charge on any atom is -0.328 e. The molecule has 2 N–H and O–H groups in total. The minimum atomic E-state index is 0. The van der Waals surface area contributed by atoms with Gasteiger partial charge in [-0.15, -0.1) is 24.0 Å². The quantitative estimate of drug-likeness (QED) is 0.637. The molecule has 0 aromatic carbocycles. The highest BCUT2D eigenvalue weighted by molar-refractivity contribution is 14.0. The maximum Gasteiger partial charge on any atom is 0.000781 e. The molecule has 0 spiro atoms. The molecule has 0 aliphatic heterocycles. The van der Waals surface area contributed by atoms with E-state index in [0.717, 1.165) is 6.42 Å². The van der Waals surface area contributed by atoms with Gasteiger partial charge in [-0.2, -0.15) is 0 Å². The maximum atomic E-state index is 5.29. The Labute approximate surface area is 56.3 Å². The smallest absolute Gasteiger partial charge is 0.000781 e. The van der Waals surface area contributed by atoms with E-state index in [0.29, 0.717) is 6.04 Å². The average Bonchev–Trinajstić information content (AvgIpc) is 1.38. The second-order valence-corrected chi connectivity index (χ2v) is 1.39. The SMILES string of the molecule is CCC(C)N.I. The van der Waals surface area contributed by atoms with Gasteiger partial charge in [0, 0.05) is 6.04 Å². The summed E-state index contributed by atoms with van der Waals surface area (Å²) in [7, 11) is 0. The molecule has 40 valence electrons. The van der Waals surface area contributed by atoms with Crippen molar-refractivity contribution in [2.45, 2.75) is 26.3 Å². The Morgan fingerprint density at radius 2 is 1.83 bits per heavy atom. The van der Waals surface area contributed by atoms with Gasteiger partial charge in [0.1, 0.15) is 0 Å². The average molecular weight is 201 g/mol. The first-order chi connectivity index (χ1) is 2.27. The van der Waals surface area contributed by atoms with Gasteiger partial charge >= 0.3 is 0 Å². The molecule has 0 amide bonds. The first-order valence-electron chi connectivity index (χ1n) is 2.03. The molecule has 1 atom stereocenters. The Bertz CT molecular complexity index is 21.5. The van der Waals surface area contributed by atoms with Crippen LogP contribution in [-0.4, -0.2) is 6.04 Å². The largest absolute Gasteiger partial charge is 0.328 e. The summed E-state index contributed by atoms with van der Waals surface area (Å²) in [6, 6.07) is 0.384. The van der Waals surface area contributed by atoms with Gasteiger partial charge in [0.15, 0.2) is 0 Å². The summed E-state index contributed by atoms with van der Waals surface area (Å²) >= 11 is 0. The van der Waals surface area contributed by atoms with Crippen LogP contribution < -0.4 is 5.73 Å². The Balaban J connectivity index is 0. The fourth-order valence-electron chi connectivity index (χ4n) is 0. The monoisotopic (exact) mass is 201 g/mol. The lowest BCUT2D eigenvalue weighted by Crippen LogP contribution is -2.11. The third-order valence-electron chi connectivity index (χ3n) is 0.644. The van der Waals surface area contributed by atoms with Gasteiger partial charge in [0.25, 0.3) is 0 Å². The van der Waals surface area contributed by atoms with E-state index < -0.39 is 0 Å². The van der Waals surface area contributed by atoms with Crippen LogP contribution >= 0.6 is 24.0 Å². The summed E-state index contributed by atoms with van der Waals surface area (Å²) in [6.45, 7) is 4.07. The maximum absolute atomic E-state index is 5.29. The molecular formula is C4H12IN. The summed E-state index contributed by atoms with van der Waals surface area (Å²) < 4.78 is 0. The lowest BCUT2D eigenvalue weighted by molar-refractivity contribution is 0.715. The molecule has 0 aromatic heterocycles. The molecule has 0 saturated heterocycles. The fraction of sp³-hybridized carbons (Fsp3) is 1.00. The van der Waals surface area contributed by atoms with Gasteiger partial charge in [-0.3, -0.25) is 0 Å². The topological polar surface area (TPSA) is 26.0 Å². The van der Waals surface area contributed by atoms with Crippen molar-refractivity contribution in [3.63, 3.8) is 0 Å². The molecule has 0 aliphatic carbocycles. The van der Waals surface area contributed by atoms with Crippen molar-refractivity contribution in [3.8, 4) is 0 Å². The fourth-order valence-corrected chi connectivity index (χ4v) is 0. The number of rotatable bonds is 1. The second kappa shape index (κ2) is 5.69. The summed E-state index contributed by atoms with van der Waals surface area (Å²) in [5.41, 5.74) is 5.29. The van der Waals surface area contributed by atoms with Crippen molar-refractivity contribution in [2.24, 2.45) is 5.73 Å². The Kier molecular flexibility index (Phi) is 9.34. The van der Waals surface area contributed by atoms with Gasteiger partial charge in [-0.1, -0.05) is 6.92 Å². The van der Waals surface area contributed by atoms with E-state index in [1.54, 1.807) is 0 Å². The van der Waals surface area contributed by atoms with Gasteiger partial charge in [0.2, 0.25) is 0 Å². The Morgan fingerprint density at radius 1 is 1.67 bits per heavy atom. The van der Waals surface area contributed by atoms with Crippen LogP contribution in [0.4, 0.5) is 0 Å². The first-order valence-corrected chi connectivity index (χ1v) is 2.03. The standard InChI is InChI=1S/C4H11N.HI/c1-3-4(2)5;/h4H,3,5H2,1-2H3;1H. The van der Waals surface area contributed by atoms with E-state index in [2.05, 4.69) is 6.92 Å². The highest BCUT2D eigenvalue weighted by Crippen LogP contribution is 1.77. The molecule has 2 heteroatoms. The summed E-state index contributed by atoms with van der Waals surface area (Å²) in [5.74, 6) is 0. The van der Waals surface area contributed by atoms with Crippen molar-refractivity contribution in [3.05, 3.63) is 0 Å². The summed E-state index contributed by atoms with van der Waals surface area (Å²) in [6.07, 6.45) is 1.08. The molecule has 6 heavy (non-hydrogen) atoms. The predicted molar refractivity (Wildman–Crippen MR) is 39.4 cm³/mol. The van der Waals surface area contributed by atoms with Crippen LogP contribution in [0.25, 0.3) is 0 Å². The zero-order valence-electron chi connectivity index (χ0n) is 4.27. The van der Waals surface area contributed by atoms with E-state index >= 15 is 0 Å². The van der Waals surface area contributed by atoms with E-state index in [4.69, 9.17) is 5.73 Å².